The summed E-state index contributed by atoms with van der Waals surface area (Å²) in [5.74, 6) is -0.555. The van der Waals surface area contributed by atoms with Gasteiger partial charge in [-0.15, -0.1) is 0 Å². The standard InChI is InChI=1S/C19H19BrO5/c1-3-23-10-11-24-18(21)14-6-8-16(9-7-14)25-19(22)15-5-4-13(2)17(20)12-15/h4-9,12H,3,10-11H2,1-2H3. The van der Waals surface area contributed by atoms with E-state index in [9.17, 15) is 9.59 Å². The molecule has 0 saturated carbocycles. The lowest BCUT2D eigenvalue weighted by molar-refractivity contribution is 0.0335. The fraction of sp³-hybridized carbons (Fsp3) is 0.263. The Kier molecular flexibility index (Phi) is 7.16. The predicted molar refractivity (Wildman–Crippen MR) is 97.1 cm³/mol. The average molecular weight is 407 g/mol. The van der Waals surface area contributed by atoms with Crippen LogP contribution in [0.25, 0.3) is 0 Å². The van der Waals surface area contributed by atoms with Gasteiger partial charge in [-0.05, 0) is 55.8 Å². The number of hydrogen-bond acceptors (Lipinski definition) is 5. The maximum atomic E-state index is 12.2. The number of aryl methyl sites for hydroxylation is 1. The Balaban J connectivity index is 1.94. The van der Waals surface area contributed by atoms with Crippen molar-refractivity contribution < 1.29 is 23.8 Å². The molecule has 0 heterocycles. The van der Waals surface area contributed by atoms with Gasteiger partial charge in [0.15, 0.2) is 0 Å². The van der Waals surface area contributed by atoms with Crippen LogP contribution < -0.4 is 4.74 Å². The van der Waals surface area contributed by atoms with Crippen LogP contribution in [0.4, 0.5) is 0 Å². The van der Waals surface area contributed by atoms with Crippen LogP contribution in [0.3, 0.4) is 0 Å². The third-order valence-electron chi connectivity index (χ3n) is 3.37. The van der Waals surface area contributed by atoms with Gasteiger partial charge in [-0.1, -0.05) is 22.0 Å². The summed E-state index contributed by atoms with van der Waals surface area (Å²) in [6, 6.07) is 11.5. The van der Waals surface area contributed by atoms with Crippen molar-refractivity contribution in [3.8, 4) is 5.75 Å². The predicted octanol–water partition coefficient (Wildman–Crippen LogP) is 4.17. The van der Waals surface area contributed by atoms with Crippen LogP contribution in [0, 0.1) is 6.92 Å². The molecule has 6 heteroatoms. The Labute approximate surface area is 155 Å². The number of halogens is 1. The molecule has 0 N–H and O–H groups in total. The Bertz CT molecular complexity index is 740. The number of ether oxygens (including phenoxy) is 3. The average Bonchev–Trinajstić information content (AvgIpc) is 2.61. The van der Waals surface area contributed by atoms with Crippen molar-refractivity contribution in [2.75, 3.05) is 19.8 Å². The molecule has 0 saturated heterocycles. The monoisotopic (exact) mass is 406 g/mol. The number of esters is 2. The third kappa shape index (κ3) is 5.69. The van der Waals surface area contributed by atoms with Crippen molar-refractivity contribution in [1.29, 1.82) is 0 Å². The van der Waals surface area contributed by atoms with Gasteiger partial charge >= 0.3 is 11.9 Å². The van der Waals surface area contributed by atoms with E-state index >= 15 is 0 Å². The van der Waals surface area contributed by atoms with Crippen LogP contribution >= 0.6 is 15.9 Å². The van der Waals surface area contributed by atoms with Crippen molar-refractivity contribution in [1.82, 2.24) is 0 Å². The first-order valence-electron chi connectivity index (χ1n) is 7.84. The van der Waals surface area contributed by atoms with E-state index in [0.717, 1.165) is 10.0 Å². The zero-order valence-electron chi connectivity index (χ0n) is 14.1. The lowest BCUT2D eigenvalue weighted by Crippen LogP contribution is -2.11. The highest BCUT2D eigenvalue weighted by Crippen LogP contribution is 2.20. The number of benzene rings is 2. The van der Waals surface area contributed by atoms with E-state index in [-0.39, 0.29) is 6.61 Å². The van der Waals surface area contributed by atoms with E-state index in [1.165, 1.54) is 0 Å². The highest BCUT2D eigenvalue weighted by Gasteiger charge is 2.11. The maximum absolute atomic E-state index is 12.2. The van der Waals surface area contributed by atoms with Crippen molar-refractivity contribution in [3.63, 3.8) is 0 Å². The largest absolute Gasteiger partial charge is 0.460 e. The molecule has 0 amide bonds. The van der Waals surface area contributed by atoms with Crippen LogP contribution in [0.15, 0.2) is 46.9 Å². The van der Waals surface area contributed by atoms with Gasteiger partial charge in [0.2, 0.25) is 0 Å². The lowest BCUT2D eigenvalue weighted by atomic mass is 10.1. The Morgan fingerprint density at radius 3 is 2.28 bits per heavy atom. The van der Waals surface area contributed by atoms with Crippen LogP contribution in [0.1, 0.15) is 33.2 Å². The second-order valence-electron chi connectivity index (χ2n) is 5.21. The molecular weight excluding hydrogens is 388 g/mol. The second-order valence-corrected chi connectivity index (χ2v) is 6.07. The van der Waals surface area contributed by atoms with E-state index in [1.807, 2.05) is 19.9 Å². The van der Waals surface area contributed by atoms with Gasteiger partial charge in [0.05, 0.1) is 17.7 Å². The topological polar surface area (TPSA) is 61.8 Å². The Hall–Kier alpha value is -2.18. The molecule has 0 spiro atoms. The summed E-state index contributed by atoms with van der Waals surface area (Å²) >= 11 is 3.39. The van der Waals surface area contributed by atoms with E-state index in [1.54, 1.807) is 36.4 Å². The van der Waals surface area contributed by atoms with E-state index in [4.69, 9.17) is 14.2 Å². The summed E-state index contributed by atoms with van der Waals surface area (Å²) < 4.78 is 16.3. The number of rotatable bonds is 7. The molecule has 0 aliphatic carbocycles. The number of carbonyl (C=O) groups is 2. The summed E-state index contributed by atoms with van der Waals surface area (Å²) in [5.41, 5.74) is 1.86. The summed E-state index contributed by atoms with van der Waals surface area (Å²) in [5, 5.41) is 0. The second kappa shape index (κ2) is 9.34. The first kappa shape index (κ1) is 19.1. The molecule has 2 rings (SSSR count). The molecule has 0 aromatic heterocycles. The smallest absolute Gasteiger partial charge is 0.343 e. The molecule has 0 unspecified atom stereocenters. The van der Waals surface area contributed by atoms with E-state index in [2.05, 4.69) is 15.9 Å². The maximum Gasteiger partial charge on any atom is 0.343 e. The minimum atomic E-state index is -0.465. The summed E-state index contributed by atoms with van der Waals surface area (Å²) in [7, 11) is 0. The fourth-order valence-corrected chi connectivity index (χ4v) is 2.34. The van der Waals surface area contributed by atoms with E-state index in [0.29, 0.717) is 30.1 Å². The third-order valence-corrected chi connectivity index (χ3v) is 4.23. The summed E-state index contributed by atoms with van der Waals surface area (Å²) in [4.78, 5) is 24.0. The van der Waals surface area contributed by atoms with Gasteiger partial charge in [-0.25, -0.2) is 9.59 Å². The fourth-order valence-electron chi connectivity index (χ4n) is 1.97. The van der Waals surface area contributed by atoms with Gasteiger partial charge in [0.1, 0.15) is 12.4 Å². The molecule has 2 aromatic rings. The Morgan fingerprint density at radius 1 is 0.960 bits per heavy atom. The molecule has 2 aromatic carbocycles. The van der Waals surface area contributed by atoms with E-state index < -0.39 is 11.9 Å². The molecule has 0 fully saturated rings. The van der Waals surface area contributed by atoms with Crippen LogP contribution in [-0.2, 0) is 9.47 Å². The zero-order chi connectivity index (χ0) is 18.2. The molecule has 0 aliphatic heterocycles. The highest BCUT2D eigenvalue weighted by molar-refractivity contribution is 9.10. The molecule has 0 atom stereocenters. The lowest BCUT2D eigenvalue weighted by Gasteiger charge is -2.07. The van der Waals surface area contributed by atoms with Crippen LogP contribution in [-0.4, -0.2) is 31.8 Å². The van der Waals surface area contributed by atoms with Gasteiger partial charge < -0.3 is 14.2 Å². The molecule has 0 aliphatic rings. The molecular formula is C19H19BrO5. The SMILES string of the molecule is CCOCCOC(=O)c1ccc(OC(=O)c2ccc(C)c(Br)c2)cc1. The number of carbonyl (C=O) groups excluding carboxylic acids is 2. The first-order chi connectivity index (χ1) is 12.0. The van der Waals surface area contributed by atoms with Gasteiger partial charge in [-0.3, -0.25) is 0 Å². The molecule has 0 radical (unpaired) electrons. The van der Waals surface area contributed by atoms with Crippen LogP contribution in [0.2, 0.25) is 0 Å². The quantitative estimate of drug-likeness (QED) is 0.392. The van der Waals surface area contributed by atoms with Gasteiger partial charge in [-0.2, -0.15) is 0 Å². The molecule has 0 bridgehead atoms. The zero-order valence-corrected chi connectivity index (χ0v) is 15.7. The highest BCUT2D eigenvalue weighted by atomic mass is 79.9. The van der Waals surface area contributed by atoms with Gasteiger partial charge in [0.25, 0.3) is 0 Å². The summed E-state index contributed by atoms with van der Waals surface area (Å²) in [6.07, 6.45) is 0. The molecule has 25 heavy (non-hydrogen) atoms. The minimum Gasteiger partial charge on any atom is -0.460 e. The van der Waals surface area contributed by atoms with Crippen LogP contribution in [0.5, 0.6) is 5.75 Å². The molecule has 132 valence electrons. The van der Waals surface area contributed by atoms with Crippen molar-refractivity contribution >= 4 is 27.9 Å². The first-order valence-corrected chi connectivity index (χ1v) is 8.64. The van der Waals surface area contributed by atoms with Crippen molar-refractivity contribution in [2.24, 2.45) is 0 Å². The summed E-state index contributed by atoms with van der Waals surface area (Å²) in [6.45, 7) is 4.95. The minimum absolute atomic E-state index is 0.200. The normalized spacial score (nSPS) is 10.4. The number of hydrogen-bond donors (Lipinski definition) is 0. The van der Waals surface area contributed by atoms with Crippen molar-refractivity contribution in [3.05, 3.63) is 63.6 Å². The molecule has 5 nitrogen and oxygen atoms in total. The van der Waals surface area contributed by atoms with Gasteiger partial charge in [0, 0.05) is 11.1 Å². The van der Waals surface area contributed by atoms with Crippen molar-refractivity contribution in [2.45, 2.75) is 13.8 Å². The Morgan fingerprint density at radius 2 is 1.64 bits per heavy atom.